The Kier molecular flexibility index (Phi) is 8.92. The predicted octanol–water partition coefficient (Wildman–Crippen LogP) is 4.13. The van der Waals surface area contributed by atoms with E-state index in [2.05, 4.69) is 25.5 Å². The fourth-order valence-corrected chi connectivity index (χ4v) is 2.92. The van der Waals surface area contributed by atoms with Crippen LogP contribution >= 0.6 is 23.2 Å². The number of carbonyl (C=O) groups is 2. The fourth-order valence-electron chi connectivity index (χ4n) is 2.36. The van der Waals surface area contributed by atoms with Gasteiger partial charge in [0.1, 0.15) is 12.1 Å². The van der Waals surface area contributed by atoms with Gasteiger partial charge in [0.15, 0.2) is 11.4 Å². The van der Waals surface area contributed by atoms with Crippen molar-refractivity contribution in [3.8, 4) is 23.8 Å². The third-order valence-corrected chi connectivity index (χ3v) is 4.40. The monoisotopic (exact) mass is 489 g/mol. The van der Waals surface area contributed by atoms with E-state index in [1.807, 2.05) is 25.2 Å². The summed E-state index contributed by atoms with van der Waals surface area (Å²) in [5.41, 5.74) is 2.88. The van der Waals surface area contributed by atoms with Gasteiger partial charge in [-0.05, 0) is 30.5 Å². The Morgan fingerprint density at radius 2 is 1.85 bits per heavy atom. The number of carbonyl (C=O) groups excluding carboxylic acids is 2. The minimum Gasteiger partial charge on any atom is -0.450 e. The molecule has 2 amide bonds. The van der Waals surface area contributed by atoms with Gasteiger partial charge in [-0.3, -0.25) is 15.5 Å². The first-order valence-corrected chi connectivity index (χ1v) is 10.1. The number of benzene rings is 1. The van der Waals surface area contributed by atoms with Gasteiger partial charge in [-0.25, -0.2) is 4.79 Å². The van der Waals surface area contributed by atoms with Gasteiger partial charge in [-0.2, -0.15) is 15.6 Å². The van der Waals surface area contributed by atoms with E-state index >= 15 is 0 Å². The van der Waals surface area contributed by atoms with E-state index in [1.165, 1.54) is 12.1 Å². The Labute approximate surface area is 198 Å². The lowest BCUT2D eigenvalue weighted by Gasteiger charge is -2.12. The average molecular weight is 490 g/mol. The molecule has 2 aromatic rings. The van der Waals surface area contributed by atoms with Crippen molar-refractivity contribution in [2.24, 2.45) is 5.10 Å². The number of nitrogens with one attached hydrogen (secondary N) is 2. The van der Waals surface area contributed by atoms with Crippen LogP contribution in [0.2, 0.25) is 10.0 Å². The number of imide groups is 1. The van der Waals surface area contributed by atoms with Gasteiger partial charge < -0.3 is 9.47 Å². The molecular weight excluding hydrogens is 473 g/mol. The van der Waals surface area contributed by atoms with Crippen LogP contribution in [0.25, 0.3) is 0 Å². The number of hydrazone groups is 1. The lowest BCUT2D eigenvalue weighted by atomic mass is 10.0. The molecule has 0 unspecified atom stereocenters. The topological polar surface area (TPSA) is 162 Å². The van der Waals surface area contributed by atoms with Crippen molar-refractivity contribution in [2.75, 3.05) is 12.0 Å². The van der Waals surface area contributed by atoms with Gasteiger partial charge >= 0.3 is 6.09 Å². The second-order valence-electron chi connectivity index (χ2n) is 6.48. The van der Waals surface area contributed by atoms with Crippen LogP contribution in [0.15, 0.2) is 23.3 Å². The first-order valence-electron chi connectivity index (χ1n) is 9.36. The first-order chi connectivity index (χ1) is 15.7. The Morgan fingerprint density at radius 1 is 1.18 bits per heavy atom. The number of rotatable bonds is 7. The number of nitriles is 2. The molecule has 11 nitrogen and oxygen atoms in total. The van der Waals surface area contributed by atoms with Gasteiger partial charge in [0.25, 0.3) is 5.91 Å². The van der Waals surface area contributed by atoms with Crippen molar-refractivity contribution in [2.45, 2.75) is 26.7 Å². The van der Waals surface area contributed by atoms with E-state index in [9.17, 15) is 9.59 Å². The third-order valence-electron chi connectivity index (χ3n) is 3.84. The first kappa shape index (κ1) is 25.3. The second kappa shape index (κ2) is 11.6. The van der Waals surface area contributed by atoms with Crippen molar-refractivity contribution in [3.63, 3.8) is 0 Å². The summed E-state index contributed by atoms with van der Waals surface area (Å²) in [6.07, 6.45) is -1.01. The van der Waals surface area contributed by atoms with Gasteiger partial charge in [0, 0.05) is 6.07 Å². The summed E-state index contributed by atoms with van der Waals surface area (Å²) >= 11 is 12.5. The molecule has 0 bridgehead atoms. The number of ether oxygens (including phenoxy) is 2. The zero-order chi connectivity index (χ0) is 24.5. The maximum Gasteiger partial charge on any atom is 0.414 e. The summed E-state index contributed by atoms with van der Waals surface area (Å²) in [6.45, 7) is 5.40. The smallest absolute Gasteiger partial charge is 0.414 e. The van der Waals surface area contributed by atoms with Crippen molar-refractivity contribution in [1.82, 2.24) is 15.5 Å². The number of aromatic nitrogens is 2. The number of halogens is 2. The molecule has 0 aliphatic rings. The normalized spacial score (nSPS) is 10.7. The molecule has 2 N–H and O–H groups in total. The van der Waals surface area contributed by atoms with Crippen LogP contribution in [0.1, 0.15) is 37.9 Å². The zero-order valence-corrected chi connectivity index (χ0v) is 19.2. The van der Waals surface area contributed by atoms with Gasteiger partial charge in [-0.1, -0.05) is 37.0 Å². The Hall–Kier alpha value is -3.93. The lowest BCUT2D eigenvalue weighted by molar-refractivity contribution is -0.114. The highest BCUT2D eigenvalue weighted by atomic mass is 35.5. The predicted molar refractivity (Wildman–Crippen MR) is 119 cm³/mol. The summed E-state index contributed by atoms with van der Waals surface area (Å²) in [7, 11) is 0. The van der Waals surface area contributed by atoms with Crippen molar-refractivity contribution < 1.29 is 19.1 Å². The van der Waals surface area contributed by atoms with Crippen LogP contribution in [0, 0.1) is 22.7 Å². The van der Waals surface area contributed by atoms with Crippen LogP contribution in [-0.2, 0) is 9.53 Å². The molecule has 1 heterocycles. The van der Waals surface area contributed by atoms with Crippen LogP contribution in [0.3, 0.4) is 0 Å². The number of hydrogen-bond donors (Lipinski definition) is 2. The highest BCUT2D eigenvalue weighted by molar-refractivity contribution is 6.47. The van der Waals surface area contributed by atoms with E-state index < -0.39 is 17.7 Å². The third kappa shape index (κ3) is 6.77. The zero-order valence-electron chi connectivity index (χ0n) is 17.6. The SMILES string of the molecule is CCOC(=O)NC(=O)/C(C#N)=N\Nc1cc(Cl)c(Oc2cc(C(C)C)c(C#N)nn2)c(Cl)c1. The minimum atomic E-state index is -1.05. The quantitative estimate of drug-likeness (QED) is 0.429. The van der Waals surface area contributed by atoms with Crippen LogP contribution in [0.5, 0.6) is 11.6 Å². The van der Waals surface area contributed by atoms with Crippen LogP contribution in [-0.4, -0.2) is 34.5 Å². The molecule has 0 aliphatic carbocycles. The fraction of sp³-hybridized carbons (Fsp3) is 0.250. The van der Waals surface area contributed by atoms with E-state index in [-0.39, 0.29) is 45.6 Å². The molecule has 0 spiro atoms. The summed E-state index contributed by atoms with van der Waals surface area (Å²) in [4.78, 5) is 23.2. The molecule has 2 rings (SSSR count). The molecule has 13 heteroatoms. The number of hydrogen-bond acceptors (Lipinski definition) is 10. The Morgan fingerprint density at radius 3 is 2.39 bits per heavy atom. The summed E-state index contributed by atoms with van der Waals surface area (Å²) in [6, 6.07) is 7.86. The minimum absolute atomic E-state index is 0.00300. The molecule has 0 radical (unpaired) electrons. The lowest BCUT2D eigenvalue weighted by Crippen LogP contribution is -2.36. The molecule has 33 heavy (non-hydrogen) atoms. The van der Waals surface area contributed by atoms with Crippen molar-refractivity contribution in [1.29, 1.82) is 10.5 Å². The molecule has 0 atom stereocenters. The summed E-state index contributed by atoms with van der Waals surface area (Å²) < 4.78 is 10.2. The molecule has 1 aromatic carbocycles. The standard InChI is InChI=1S/C20H17Cl2N7O4/c1-4-32-20(31)25-19(30)16(9-24)28-26-11-5-13(21)18(14(22)6-11)33-17-7-12(10(2)3)15(8-23)27-29-17/h5-7,10,26H,4H2,1-3H3,(H,25,30,31)/b28-16-. The molecule has 0 saturated heterocycles. The maximum absolute atomic E-state index is 11.9. The number of anilines is 1. The Balaban J connectivity index is 2.22. The van der Waals surface area contributed by atoms with Crippen molar-refractivity contribution >= 4 is 46.6 Å². The van der Waals surface area contributed by atoms with E-state index in [0.717, 1.165) is 0 Å². The second-order valence-corrected chi connectivity index (χ2v) is 7.30. The summed E-state index contributed by atoms with van der Waals surface area (Å²) in [5, 5.41) is 31.6. The molecule has 1 aromatic heterocycles. The Bertz CT molecular complexity index is 1160. The van der Waals surface area contributed by atoms with Crippen molar-refractivity contribution in [3.05, 3.63) is 39.5 Å². The molecule has 170 valence electrons. The van der Waals surface area contributed by atoms with E-state index in [1.54, 1.807) is 19.1 Å². The molecule has 0 fully saturated rings. The van der Waals surface area contributed by atoms with Gasteiger partial charge in [0.05, 0.1) is 22.3 Å². The van der Waals surface area contributed by atoms with Crippen LogP contribution in [0.4, 0.5) is 10.5 Å². The number of alkyl carbamates (subject to hydrolysis) is 1. The van der Waals surface area contributed by atoms with E-state index in [4.69, 9.17) is 38.5 Å². The van der Waals surface area contributed by atoms with Crippen LogP contribution < -0.4 is 15.5 Å². The van der Waals surface area contributed by atoms with Gasteiger partial charge in [-0.15, -0.1) is 10.2 Å². The average Bonchev–Trinajstić information content (AvgIpc) is 2.76. The van der Waals surface area contributed by atoms with Gasteiger partial charge in [0.2, 0.25) is 11.6 Å². The summed E-state index contributed by atoms with van der Waals surface area (Å²) in [5.74, 6) is -0.894. The highest BCUT2D eigenvalue weighted by Crippen LogP contribution is 2.38. The molecule has 0 aliphatic heterocycles. The largest absolute Gasteiger partial charge is 0.450 e. The molecule has 0 saturated carbocycles. The highest BCUT2D eigenvalue weighted by Gasteiger charge is 2.17. The maximum atomic E-state index is 11.9. The van der Waals surface area contributed by atoms with E-state index in [0.29, 0.717) is 5.56 Å². The molecular formula is C20H17Cl2N7O4. The number of nitrogens with zero attached hydrogens (tertiary/aromatic N) is 5. The number of amides is 2.